The van der Waals surface area contributed by atoms with Gasteiger partial charge in [-0.15, -0.1) is 0 Å². The fourth-order valence-electron chi connectivity index (χ4n) is 3.45. The molecule has 0 bridgehead atoms. The molecule has 0 saturated heterocycles. The Morgan fingerprint density at radius 1 is 0.903 bits per heavy atom. The molecule has 0 aliphatic carbocycles. The highest BCUT2D eigenvalue weighted by Gasteiger charge is 2.09. The first-order chi connectivity index (χ1) is 15.1. The Kier molecular flexibility index (Phi) is 5.98. The lowest BCUT2D eigenvalue weighted by Gasteiger charge is -2.09. The van der Waals surface area contributed by atoms with Crippen LogP contribution in [0.25, 0.3) is 10.9 Å². The molecule has 1 aromatic heterocycles. The number of carbonyl (C=O) groups is 2. The molecule has 2 amide bonds. The summed E-state index contributed by atoms with van der Waals surface area (Å²) in [5, 5.41) is 6.90. The van der Waals surface area contributed by atoms with Gasteiger partial charge in [0.25, 0.3) is 5.91 Å². The minimum atomic E-state index is -0.229. The summed E-state index contributed by atoms with van der Waals surface area (Å²) in [6.45, 7) is 0.417. The summed E-state index contributed by atoms with van der Waals surface area (Å²) in [6, 6.07) is 22.3. The Labute approximate surface area is 180 Å². The molecule has 4 rings (SSSR count). The fourth-order valence-corrected chi connectivity index (χ4v) is 3.45. The molecular weight excluding hydrogens is 388 g/mol. The average Bonchev–Trinajstić information content (AvgIpc) is 3.21. The van der Waals surface area contributed by atoms with E-state index in [0.29, 0.717) is 36.3 Å². The molecule has 0 aliphatic rings. The highest BCUT2D eigenvalue weighted by atomic mass is 16.2. The summed E-state index contributed by atoms with van der Waals surface area (Å²) in [5.41, 5.74) is 10.6. The predicted octanol–water partition coefficient (Wildman–Crippen LogP) is 4.25. The van der Waals surface area contributed by atoms with Crippen LogP contribution >= 0.6 is 0 Å². The molecule has 0 spiro atoms. The van der Waals surface area contributed by atoms with Gasteiger partial charge in [-0.05, 0) is 47.9 Å². The number of rotatable bonds is 7. The van der Waals surface area contributed by atoms with E-state index in [-0.39, 0.29) is 11.8 Å². The van der Waals surface area contributed by atoms with E-state index in [2.05, 4.69) is 21.7 Å². The first-order valence-electron chi connectivity index (χ1n) is 10.2. The Hall–Kier alpha value is -4.06. The van der Waals surface area contributed by atoms with Crippen LogP contribution in [0.5, 0.6) is 0 Å². The predicted molar refractivity (Wildman–Crippen MR) is 124 cm³/mol. The van der Waals surface area contributed by atoms with Gasteiger partial charge in [-0.3, -0.25) is 9.59 Å². The lowest BCUT2D eigenvalue weighted by Crippen LogP contribution is -2.23. The second-order valence-corrected chi connectivity index (χ2v) is 7.37. The summed E-state index contributed by atoms with van der Waals surface area (Å²) in [5.74, 6) is -0.237. The van der Waals surface area contributed by atoms with Gasteiger partial charge >= 0.3 is 0 Å². The molecule has 156 valence electrons. The zero-order chi connectivity index (χ0) is 21.6. The van der Waals surface area contributed by atoms with Crippen LogP contribution in [0.4, 0.5) is 11.4 Å². The molecule has 0 saturated carbocycles. The molecule has 3 aromatic carbocycles. The van der Waals surface area contributed by atoms with Crippen molar-refractivity contribution in [3.8, 4) is 0 Å². The molecule has 5 N–H and O–H groups in total. The Morgan fingerprint density at radius 2 is 1.65 bits per heavy atom. The van der Waals surface area contributed by atoms with Gasteiger partial charge in [0.2, 0.25) is 5.91 Å². The smallest absolute Gasteiger partial charge is 0.255 e. The van der Waals surface area contributed by atoms with Crippen molar-refractivity contribution in [1.29, 1.82) is 0 Å². The maximum atomic E-state index is 12.4. The first kappa shape index (κ1) is 20.2. The standard InChI is InChI=1S/C25H24N4O2/c26-21-6-2-4-8-23(21)29-25(31)18-11-9-17(10-12-18)15-28-24(30)14-13-19-16-27-22-7-3-1-5-20(19)22/h1-12,16,27H,13-15,26H2,(H,28,30)(H,29,31). The number of nitrogens with one attached hydrogen (secondary N) is 3. The highest BCUT2D eigenvalue weighted by molar-refractivity contribution is 6.05. The van der Waals surface area contributed by atoms with Crippen LogP contribution in [0.15, 0.2) is 79.0 Å². The lowest BCUT2D eigenvalue weighted by molar-refractivity contribution is -0.121. The van der Waals surface area contributed by atoms with Crippen molar-refractivity contribution in [1.82, 2.24) is 10.3 Å². The van der Waals surface area contributed by atoms with Crippen molar-refractivity contribution in [2.75, 3.05) is 11.1 Å². The molecule has 0 radical (unpaired) electrons. The van der Waals surface area contributed by atoms with Gasteiger partial charge in [0.05, 0.1) is 11.4 Å². The number of hydrogen-bond donors (Lipinski definition) is 4. The first-order valence-corrected chi connectivity index (χ1v) is 10.2. The summed E-state index contributed by atoms with van der Waals surface area (Å²) in [7, 11) is 0. The third-order valence-electron chi connectivity index (χ3n) is 5.21. The van der Waals surface area contributed by atoms with E-state index in [1.807, 2.05) is 48.7 Å². The number of nitrogen functional groups attached to an aromatic ring is 1. The van der Waals surface area contributed by atoms with Gasteiger partial charge in [-0.1, -0.05) is 42.5 Å². The second-order valence-electron chi connectivity index (χ2n) is 7.37. The summed E-state index contributed by atoms with van der Waals surface area (Å²) >= 11 is 0. The number of fused-ring (bicyclic) bond motifs is 1. The molecule has 0 unspecified atom stereocenters. The Bertz CT molecular complexity index is 1210. The number of aryl methyl sites for hydroxylation is 1. The number of aromatic nitrogens is 1. The van der Waals surface area contributed by atoms with E-state index >= 15 is 0 Å². The van der Waals surface area contributed by atoms with E-state index in [9.17, 15) is 9.59 Å². The molecule has 31 heavy (non-hydrogen) atoms. The molecular formula is C25H24N4O2. The van der Waals surface area contributed by atoms with E-state index in [1.54, 1.807) is 24.3 Å². The van der Waals surface area contributed by atoms with Crippen LogP contribution in [0, 0.1) is 0 Å². The topological polar surface area (TPSA) is 100 Å². The van der Waals surface area contributed by atoms with Crippen molar-refractivity contribution >= 4 is 34.1 Å². The van der Waals surface area contributed by atoms with Crippen molar-refractivity contribution < 1.29 is 9.59 Å². The maximum absolute atomic E-state index is 12.4. The third-order valence-corrected chi connectivity index (χ3v) is 5.21. The SMILES string of the molecule is Nc1ccccc1NC(=O)c1ccc(CNC(=O)CCc2c[nH]c3ccccc23)cc1. The molecule has 0 aliphatic heterocycles. The Morgan fingerprint density at radius 3 is 2.45 bits per heavy atom. The number of aromatic amines is 1. The van der Waals surface area contributed by atoms with E-state index < -0.39 is 0 Å². The number of carbonyl (C=O) groups excluding carboxylic acids is 2. The molecule has 6 nitrogen and oxygen atoms in total. The lowest BCUT2D eigenvalue weighted by atomic mass is 10.1. The third kappa shape index (κ3) is 4.93. The van der Waals surface area contributed by atoms with Gasteiger partial charge in [0.15, 0.2) is 0 Å². The monoisotopic (exact) mass is 412 g/mol. The number of nitrogens with two attached hydrogens (primary N) is 1. The summed E-state index contributed by atoms with van der Waals surface area (Å²) < 4.78 is 0. The number of para-hydroxylation sites is 3. The number of H-pyrrole nitrogens is 1. The van der Waals surface area contributed by atoms with Gasteiger partial charge in [0.1, 0.15) is 0 Å². The Balaban J connectivity index is 1.27. The highest BCUT2D eigenvalue weighted by Crippen LogP contribution is 2.19. The molecule has 6 heteroatoms. The van der Waals surface area contributed by atoms with Crippen molar-refractivity contribution in [2.24, 2.45) is 0 Å². The minimum absolute atomic E-state index is 0.00773. The van der Waals surface area contributed by atoms with Crippen molar-refractivity contribution in [3.63, 3.8) is 0 Å². The van der Waals surface area contributed by atoms with Crippen molar-refractivity contribution in [3.05, 3.63) is 95.7 Å². The molecule has 0 fully saturated rings. The maximum Gasteiger partial charge on any atom is 0.255 e. The van der Waals surface area contributed by atoms with Crippen LogP contribution < -0.4 is 16.4 Å². The van der Waals surface area contributed by atoms with Crippen LogP contribution in [0.3, 0.4) is 0 Å². The number of hydrogen-bond acceptors (Lipinski definition) is 3. The van der Waals surface area contributed by atoms with E-state index in [4.69, 9.17) is 5.73 Å². The van der Waals surface area contributed by atoms with E-state index in [0.717, 1.165) is 22.0 Å². The van der Waals surface area contributed by atoms with Crippen LogP contribution in [0.2, 0.25) is 0 Å². The molecule has 1 heterocycles. The zero-order valence-electron chi connectivity index (χ0n) is 17.0. The number of anilines is 2. The van der Waals surface area contributed by atoms with Gasteiger partial charge in [-0.2, -0.15) is 0 Å². The minimum Gasteiger partial charge on any atom is -0.397 e. The molecule has 0 atom stereocenters. The largest absolute Gasteiger partial charge is 0.397 e. The zero-order valence-corrected chi connectivity index (χ0v) is 17.0. The van der Waals surface area contributed by atoms with Gasteiger partial charge in [-0.25, -0.2) is 0 Å². The van der Waals surface area contributed by atoms with Crippen LogP contribution in [0.1, 0.15) is 27.9 Å². The fraction of sp³-hybridized carbons (Fsp3) is 0.120. The second kappa shape index (κ2) is 9.17. The van der Waals surface area contributed by atoms with Crippen molar-refractivity contribution in [2.45, 2.75) is 19.4 Å². The van der Waals surface area contributed by atoms with Gasteiger partial charge < -0.3 is 21.4 Å². The summed E-state index contributed by atoms with van der Waals surface area (Å²) in [4.78, 5) is 27.9. The van der Waals surface area contributed by atoms with Gasteiger partial charge in [0, 0.05) is 35.6 Å². The van der Waals surface area contributed by atoms with E-state index in [1.165, 1.54) is 0 Å². The number of benzene rings is 3. The average molecular weight is 412 g/mol. The molecule has 4 aromatic rings. The summed E-state index contributed by atoms with van der Waals surface area (Å²) in [6.07, 6.45) is 3.06. The quantitative estimate of drug-likeness (QED) is 0.341. The van der Waals surface area contributed by atoms with Crippen LogP contribution in [-0.2, 0) is 17.8 Å². The normalized spacial score (nSPS) is 10.7. The van der Waals surface area contributed by atoms with Crippen LogP contribution in [-0.4, -0.2) is 16.8 Å². The number of amides is 2.